The number of hydrogen-bond donors (Lipinski definition) is 3. The molecule has 9 fully saturated rings. The Kier molecular flexibility index (Phi) is 28.7. The maximum Gasteiger partial charge on any atom is 0.393 e. The van der Waals surface area contributed by atoms with E-state index in [1.807, 2.05) is 27.7 Å². The predicted octanol–water partition coefficient (Wildman–Crippen LogP) is 6.65. The van der Waals surface area contributed by atoms with Gasteiger partial charge in [-0.1, -0.05) is 53.9 Å². The molecule has 32 heteroatoms. The zero-order valence-electron chi connectivity index (χ0n) is 64.7. The molecule has 5 saturated heterocycles. The number of halogens is 7. The van der Waals surface area contributed by atoms with Crippen LogP contribution >= 0.6 is 11.6 Å². The smallest absolute Gasteiger partial charge is 0.378 e. The maximum atomic E-state index is 15.7. The number of morpholine rings is 1. The summed E-state index contributed by atoms with van der Waals surface area (Å²) < 4.78 is 90.3. The largest absolute Gasteiger partial charge is 0.393 e. The van der Waals surface area contributed by atoms with Crippen molar-refractivity contribution < 1.29 is 88.6 Å². The van der Waals surface area contributed by atoms with Gasteiger partial charge in [0.15, 0.2) is 0 Å². The number of hydrogen-bond acceptors (Lipinski definition) is 13. The molecular weight excluding hydrogens is 1440 g/mol. The molecule has 12 amide bonds. The van der Waals surface area contributed by atoms with Crippen LogP contribution in [0.1, 0.15) is 195 Å². The Labute approximate surface area is 636 Å². The number of ether oxygens (including phenoxy) is 1. The second-order valence-corrected chi connectivity index (χ2v) is 33.9. The Morgan fingerprint density at radius 3 is 1.83 bits per heavy atom. The van der Waals surface area contributed by atoms with E-state index >= 15 is 52.7 Å². The highest BCUT2D eigenvalue weighted by atomic mass is 35.5. The summed E-state index contributed by atoms with van der Waals surface area (Å²) in [6.45, 7) is 9.11. The van der Waals surface area contributed by atoms with E-state index in [4.69, 9.17) is 16.3 Å². The van der Waals surface area contributed by atoms with Gasteiger partial charge in [0, 0.05) is 73.3 Å². The standard InChI is InChI=1S/C76H117ClF6N12O13/c1-11-46(5)62-71(105)94-33-29-56(94)68(102)89(8)55-28-19-45(4)42-95(70(55)104)59(40-48-20-24-50(25-21-48)75(78,79)80)67(101)87(6)43-60(96)84-53(27-23-47-22-26-51(52(77)39-47)76(81,82)83)66(100)93-32-14-18-54(93)65(99)86-74(30-15-31-74)73(107)91(10)63(49-16-12-13-17-49)72(106)90(9)58(69(103)92-34-36-108-37-35-92)41-61(97)88(7)57(38-44(2)3)64(98)85-62/h44-59,62-63H,11-43H2,1-10H3,(H,84,96)(H,85,98)(H,86,99)/t45-,46+,47?,48?,50?,51?,52?,53+,54+,55+,56+,57+,58+,59+,62+,63+/m1/s1. The lowest BCUT2D eigenvalue weighted by molar-refractivity contribution is -0.184. The molecule has 3 unspecified atom stereocenters. The van der Waals surface area contributed by atoms with Crippen molar-refractivity contribution in [2.45, 2.75) is 273 Å². The monoisotopic (exact) mass is 1550 g/mol. The predicted molar refractivity (Wildman–Crippen MR) is 386 cm³/mol. The van der Waals surface area contributed by atoms with E-state index in [9.17, 15) is 31.1 Å². The van der Waals surface area contributed by atoms with Gasteiger partial charge >= 0.3 is 12.4 Å². The molecule has 9 aliphatic rings. The minimum atomic E-state index is -4.55. The fourth-order valence-corrected chi connectivity index (χ4v) is 18.8. The Hall–Kier alpha value is -6.53. The normalized spacial score (nSPS) is 33.0. The summed E-state index contributed by atoms with van der Waals surface area (Å²) in [4.78, 5) is 195. The van der Waals surface area contributed by atoms with Gasteiger partial charge in [0.05, 0.1) is 38.0 Å². The summed E-state index contributed by atoms with van der Waals surface area (Å²) in [7, 11) is 7.05. The van der Waals surface area contributed by atoms with Crippen molar-refractivity contribution in [2.24, 2.45) is 47.3 Å². The van der Waals surface area contributed by atoms with Crippen LogP contribution in [0.3, 0.4) is 0 Å². The molecule has 4 saturated carbocycles. The summed E-state index contributed by atoms with van der Waals surface area (Å²) in [5, 5.41) is 7.47. The third-order valence-corrected chi connectivity index (χ3v) is 26.1. The molecule has 5 aliphatic heterocycles. The molecule has 4 aliphatic carbocycles. The number of fused-ring (bicyclic) bond motifs is 4. The van der Waals surface area contributed by atoms with Gasteiger partial charge in [-0.25, -0.2) is 0 Å². The van der Waals surface area contributed by atoms with E-state index in [1.54, 1.807) is 6.92 Å². The highest BCUT2D eigenvalue weighted by Gasteiger charge is 2.55. The van der Waals surface area contributed by atoms with Crippen molar-refractivity contribution in [3.05, 3.63) is 0 Å². The second-order valence-electron chi connectivity index (χ2n) is 33.4. The highest BCUT2D eigenvalue weighted by Crippen LogP contribution is 2.46. The third-order valence-electron chi connectivity index (χ3n) is 25.6. The Balaban J connectivity index is 1.09. The lowest BCUT2D eigenvalue weighted by atomic mass is 9.74. The van der Waals surface area contributed by atoms with E-state index in [0.29, 0.717) is 51.4 Å². The summed E-state index contributed by atoms with van der Waals surface area (Å²) in [6.07, 6.45) is -5.58. The molecular formula is C76H117ClF6N12O13. The highest BCUT2D eigenvalue weighted by molar-refractivity contribution is 6.21. The topological polar surface area (TPSA) is 279 Å². The van der Waals surface area contributed by atoms with Crippen molar-refractivity contribution >= 4 is 82.5 Å². The van der Waals surface area contributed by atoms with Crippen LogP contribution in [-0.2, 0) is 62.3 Å². The lowest BCUT2D eigenvalue weighted by Crippen LogP contribution is -2.68. The van der Waals surface area contributed by atoms with E-state index in [-0.39, 0.29) is 161 Å². The number of nitrogens with one attached hydrogen (secondary N) is 3. The quantitative estimate of drug-likeness (QED) is 0.145. The van der Waals surface area contributed by atoms with Crippen LogP contribution in [0.5, 0.6) is 0 Å². The molecule has 608 valence electrons. The first-order valence-corrected chi connectivity index (χ1v) is 40.1. The first kappa shape index (κ1) is 85.5. The Bertz CT molecular complexity index is 3260. The van der Waals surface area contributed by atoms with Gasteiger partial charge in [-0.15, -0.1) is 11.6 Å². The molecule has 108 heavy (non-hydrogen) atoms. The molecule has 14 atom stereocenters. The number of alkyl halides is 7. The van der Waals surface area contributed by atoms with Gasteiger partial charge < -0.3 is 64.8 Å². The molecule has 0 radical (unpaired) electrons. The van der Waals surface area contributed by atoms with E-state index in [2.05, 4.69) is 16.0 Å². The molecule has 1 spiro atoms. The van der Waals surface area contributed by atoms with Crippen molar-refractivity contribution in [3.8, 4) is 0 Å². The molecule has 2 bridgehead atoms. The summed E-state index contributed by atoms with van der Waals surface area (Å²) in [6, 6.07) is -11.5. The van der Waals surface area contributed by atoms with Crippen molar-refractivity contribution in [3.63, 3.8) is 0 Å². The van der Waals surface area contributed by atoms with Crippen LogP contribution in [0.15, 0.2) is 0 Å². The SMILES string of the molecule is CC[C@H](C)[C@@H]1NC(=O)[C@H](CC(C)C)N(C)C(=O)C[C@@H](C(=O)N2CCOCC2)N(C)C(=O)[C@H](C2CCCC2)N(C)C(=O)C2(CCC2)NC(=O)[C@@H]2CCCN2C(=O)[C@H](CCC2CCC(C(F)(F)F)C(Cl)C2)NC(=O)CN(C)C(=O)[C@H](CC2CCC(C(F)(F)F)CC2)N2C[C@H](C)CC[C@@H](C2=O)N(C)C(=O)[C@@H]2CCN2C1=O. The van der Waals surface area contributed by atoms with Crippen LogP contribution in [0.2, 0.25) is 0 Å². The Morgan fingerprint density at radius 2 is 1.25 bits per heavy atom. The van der Waals surface area contributed by atoms with Crippen molar-refractivity contribution in [1.82, 2.24) is 60.0 Å². The fourth-order valence-electron chi connectivity index (χ4n) is 18.3. The molecule has 3 N–H and O–H groups in total. The van der Waals surface area contributed by atoms with Crippen LogP contribution in [-0.4, -0.2) is 280 Å². The van der Waals surface area contributed by atoms with Gasteiger partial charge in [-0.2, -0.15) is 26.3 Å². The van der Waals surface area contributed by atoms with Crippen LogP contribution in [0, 0.1) is 47.3 Å². The van der Waals surface area contributed by atoms with Crippen LogP contribution < -0.4 is 16.0 Å². The number of nitrogens with zero attached hydrogens (tertiary/aromatic N) is 9. The number of carbonyl (C=O) groups excluding carboxylic acids is 12. The number of rotatable bonds is 11. The van der Waals surface area contributed by atoms with E-state index in [1.165, 1.54) is 74.4 Å². The zero-order valence-corrected chi connectivity index (χ0v) is 65.5. The molecule has 9 rings (SSSR count). The fraction of sp³-hybridized carbons (Fsp3) is 0.842. The van der Waals surface area contributed by atoms with Crippen LogP contribution in [0.25, 0.3) is 0 Å². The summed E-state index contributed by atoms with van der Waals surface area (Å²) >= 11 is 6.42. The molecule has 25 nitrogen and oxygen atoms in total. The number of carbonyl (C=O) groups is 12. The first-order chi connectivity index (χ1) is 50.9. The summed E-state index contributed by atoms with van der Waals surface area (Å²) in [5.41, 5.74) is -1.58. The third kappa shape index (κ3) is 19.7. The van der Waals surface area contributed by atoms with Gasteiger partial charge in [0.25, 0.3) is 0 Å². The number of amides is 12. The average molecular weight is 1560 g/mol. The second kappa shape index (κ2) is 36.3. The van der Waals surface area contributed by atoms with E-state index in [0.717, 1.165) is 4.90 Å². The van der Waals surface area contributed by atoms with Crippen LogP contribution in [0.4, 0.5) is 26.3 Å². The van der Waals surface area contributed by atoms with Crippen molar-refractivity contribution in [1.29, 1.82) is 0 Å². The summed E-state index contributed by atoms with van der Waals surface area (Å²) in [5.74, 6) is -13.9. The zero-order chi connectivity index (χ0) is 79.2. The first-order valence-electron chi connectivity index (χ1n) is 39.7. The van der Waals surface area contributed by atoms with Gasteiger partial charge in [0.1, 0.15) is 59.9 Å². The Morgan fingerprint density at radius 1 is 0.602 bits per heavy atom. The minimum absolute atomic E-state index is 0.00808. The van der Waals surface area contributed by atoms with Crippen molar-refractivity contribution in [2.75, 3.05) is 87.7 Å². The van der Waals surface area contributed by atoms with Gasteiger partial charge in [0.2, 0.25) is 70.9 Å². The molecule has 0 aromatic rings. The molecule has 5 heterocycles. The maximum absolute atomic E-state index is 15.7. The molecule has 0 aromatic carbocycles. The van der Waals surface area contributed by atoms with E-state index < -0.39 is 197 Å². The average Bonchev–Trinajstić information content (AvgIpc) is 0.990. The van der Waals surface area contributed by atoms with Gasteiger partial charge in [-0.3, -0.25) is 57.5 Å². The minimum Gasteiger partial charge on any atom is -0.378 e. The molecule has 0 aromatic heterocycles. The number of likely N-dealkylation sites (N-methyl/N-ethyl adjacent to an activating group) is 5. The van der Waals surface area contributed by atoms with Gasteiger partial charge in [-0.05, 0) is 170 Å². The lowest BCUT2D eigenvalue weighted by Gasteiger charge is -2.47.